The molecule has 240 valence electrons. The molecule has 0 aliphatic rings. The molecule has 0 fully saturated rings. The highest BCUT2D eigenvalue weighted by Crippen LogP contribution is 2.44. The highest BCUT2D eigenvalue weighted by Gasteiger charge is 2.20. The minimum atomic E-state index is 1.01. The van der Waals surface area contributed by atoms with Crippen molar-refractivity contribution in [2.45, 2.75) is 0 Å². The molecule has 12 rings (SSSR count). The lowest BCUT2D eigenvalue weighted by Crippen LogP contribution is -1.93. The molecule has 0 atom stereocenters. The molecular weight excluding hydrogens is 649 g/mol. The van der Waals surface area contributed by atoms with E-state index < -0.39 is 0 Å². The standard InChI is InChI=1S/C49H28N2S/c1-2-11-33-24-36-27-46-44(26-35(36)23-32(33)10-1)50-49-48-43(41-22-21-29-9-3-6-14-38(29)47(41)52-48)28-45(51(46)49)31-19-17-30(18-20-31)42-25-34-12-4-5-13-37(34)39-15-7-8-16-40(39)42/h1-28H. The lowest BCUT2D eigenvalue weighted by Gasteiger charge is -2.13. The van der Waals surface area contributed by atoms with Crippen molar-refractivity contribution in [2.24, 2.45) is 0 Å². The lowest BCUT2D eigenvalue weighted by atomic mass is 9.92. The Morgan fingerprint density at radius 2 is 1.02 bits per heavy atom. The average Bonchev–Trinajstić information content (AvgIpc) is 3.77. The van der Waals surface area contributed by atoms with Crippen molar-refractivity contribution < 1.29 is 0 Å². The molecule has 0 bridgehead atoms. The number of fused-ring (bicyclic) bond motifs is 14. The Morgan fingerprint density at radius 3 is 1.81 bits per heavy atom. The van der Waals surface area contributed by atoms with Crippen LogP contribution in [-0.4, -0.2) is 9.38 Å². The minimum Gasteiger partial charge on any atom is -0.291 e. The summed E-state index contributed by atoms with van der Waals surface area (Å²) in [5, 5.41) is 15.1. The molecule has 0 saturated heterocycles. The summed E-state index contributed by atoms with van der Waals surface area (Å²) in [7, 11) is 0. The Kier molecular flexibility index (Phi) is 5.68. The van der Waals surface area contributed by atoms with Crippen LogP contribution in [0.5, 0.6) is 0 Å². The van der Waals surface area contributed by atoms with Crippen LogP contribution in [0, 0.1) is 0 Å². The Hall–Kier alpha value is -6.55. The Balaban J connectivity index is 1.14. The van der Waals surface area contributed by atoms with E-state index in [4.69, 9.17) is 4.98 Å². The van der Waals surface area contributed by atoms with Gasteiger partial charge in [-0.05, 0) is 107 Å². The molecule has 0 radical (unpaired) electrons. The molecule has 3 heteroatoms. The fraction of sp³-hybridized carbons (Fsp3) is 0. The fourth-order valence-electron chi connectivity index (χ4n) is 8.59. The van der Waals surface area contributed by atoms with E-state index in [1.54, 1.807) is 0 Å². The normalized spacial score (nSPS) is 12.2. The maximum atomic E-state index is 5.44. The monoisotopic (exact) mass is 676 g/mol. The first-order valence-corrected chi connectivity index (χ1v) is 18.6. The number of nitrogens with zero attached hydrogens (tertiary/aromatic N) is 2. The van der Waals surface area contributed by atoms with Crippen LogP contribution in [0.15, 0.2) is 170 Å². The molecule has 0 aliphatic carbocycles. The van der Waals surface area contributed by atoms with Crippen LogP contribution in [0.3, 0.4) is 0 Å². The molecule has 12 aromatic rings. The summed E-state index contributed by atoms with van der Waals surface area (Å²) in [6, 6.07) is 62.5. The van der Waals surface area contributed by atoms with Crippen molar-refractivity contribution in [1.82, 2.24) is 9.38 Å². The number of rotatable bonds is 2. The molecule has 3 heterocycles. The van der Waals surface area contributed by atoms with Crippen LogP contribution >= 0.6 is 11.3 Å². The molecule has 0 aliphatic heterocycles. The van der Waals surface area contributed by atoms with Gasteiger partial charge >= 0.3 is 0 Å². The average molecular weight is 677 g/mol. The molecule has 2 nitrogen and oxygen atoms in total. The van der Waals surface area contributed by atoms with Gasteiger partial charge in [-0.1, -0.05) is 133 Å². The molecule has 0 spiro atoms. The summed E-state index contributed by atoms with van der Waals surface area (Å²) in [4.78, 5) is 5.44. The third-order valence-electron chi connectivity index (χ3n) is 11.1. The predicted octanol–water partition coefficient (Wildman–Crippen LogP) is 14.0. The number of thiophene rings is 1. The van der Waals surface area contributed by atoms with Crippen molar-refractivity contribution >= 4 is 102 Å². The lowest BCUT2D eigenvalue weighted by molar-refractivity contribution is 1.25. The van der Waals surface area contributed by atoms with E-state index in [9.17, 15) is 0 Å². The second kappa shape index (κ2) is 10.5. The summed E-state index contributed by atoms with van der Waals surface area (Å²) in [6.45, 7) is 0. The maximum absolute atomic E-state index is 5.44. The van der Waals surface area contributed by atoms with Crippen molar-refractivity contribution in [3.05, 3.63) is 170 Å². The molecule has 3 aromatic heterocycles. The SMILES string of the molecule is c1ccc2cc3cc4c(cc3cc2c1)nc1c2sc3c5ccccc5ccc3c2cc(-c2ccc(-c3cc5ccccc5c5ccccc35)cc2)n41. The highest BCUT2D eigenvalue weighted by atomic mass is 32.1. The van der Waals surface area contributed by atoms with E-state index in [1.807, 2.05) is 11.3 Å². The van der Waals surface area contributed by atoms with Gasteiger partial charge in [0.2, 0.25) is 0 Å². The van der Waals surface area contributed by atoms with Gasteiger partial charge in [0, 0.05) is 15.5 Å². The van der Waals surface area contributed by atoms with Crippen molar-refractivity contribution in [2.75, 3.05) is 0 Å². The number of pyridine rings is 1. The van der Waals surface area contributed by atoms with Crippen LogP contribution < -0.4 is 0 Å². The van der Waals surface area contributed by atoms with Gasteiger partial charge in [-0.15, -0.1) is 11.3 Å². The van der Waals surface area contributed by atoms with E-state index in [2.05, 4.69) is 174 Å². The first-order chi connectivity index (χ1) is 25.7. The number of imidazole rings is 1. The number of benzene rings is 9. The smallest absolute Gasteiger partial charge is 0.156 e. The Bertz CT molecular complexity index is 3460. The quantitative estimate of drug-likeness (QED) is 0.132. The summed E-state index contributed by atoms with van der Waals surface area (Å²) in [6.07, 6.45) is 0. The van der Waals surface area contributed by atoms with Gasteiger partial charge in [0.25, 0.3) is 0 Å². The van der Waals surface area contributed by atoms with Gasteiger partial charge in [-0.25, -0.2) is 4.98 Å². The predicted molar refractivity (Wildman–Crippen MR) is 224 cm³/mol. The van der Waals surface area contributed by atoms with Gasteiger partial charge in [-0.2, -0.15) is 0 Å². The first kappa shape index (κ1) is 28.2. The summed E-state index contributed by atoms with van der Waals surface area (Å²) in [5.41, 5.74) is 7.93. The molecule has 0 unspecified atom stereocenters. The second-order valence-corrected chi connectivity index (χ2v) is 15.0. The van der Waals surface area contributed by atoms with Crippen LogP contribution in [0.25, 0.3) is 113 Å². The zero-order valence-electron chi connectivity index (χ0n) is 28.0. The van der Waals surface area contributed by atoms with E-state index in [1.165, 1.54) is 90.7 Å². The Labute approximate surface area is 302 Å². The third kappa shape index (κ3) is 3.97. The van der Waals surface area contributed by atoms with Crippen LogP contribution in [0.1, 0.15) is 0 Å². The zero-order valence-corrected chi connectivity index (χ0v) is 28.8. The molecule has 0 amide bonds. The summed E-state index contributed by atoms with van der Waals surface area (Å²) >= 11 is 1.86. The van der Waals surface area contributed by atoms with E-state index in [-0.39, 0.29) is 0 Å². The largest absolute Gasteiger partial charge is 0.291 e. The third-order valence-corrected chi connectivity index (χ3v) is 12.3. The van der Waals surface area contributed by atoms with Crippen molar-refractivity contribution in [3.8, 4) is 22.4 Å². The highest BCUT2D eigenvalue weighted by molar-refractivity contribution is 7.27. The van der Waals surface area contributed by atoms with Crippen LogP contribution in [0.4, 0.5) is 0 Å². The van der Waals surface area contributed by atoms with Gasteiger partial charge in [-0.3, -0.25) is 4.40 Å². The fourth-order valence-corrected chi connectivity index (χ4v) is 9.89. The molecule has 52 heavy (non-hydrogen) atoms. The molecule has 9 aromatic carbocycles. The van der Waals surface area contributed by atoms with Gasteiger partial charge in [0.15, 0.2) is 5.65 Å². The molecule has 0 N–H and O–H groups in total. The minimum absolute atomic E-state index is 1.01. The number of hydrogen-bond acceptors (Lipinski definition) is 2. The van der Waals surface area contributed by atoms with Crippen LogP contribution in [0.2, 0.25) is 0 Å². The Morgan fingerprint density at radius 1 is 0.385 bits per heavy atom. The first-order valence-electron chi connectivity index (χ1n) is 17.8. The topological polar surface area (TPSA) is 17.3 Å². The van der Waals surface area contributed by atoms with Gasteiger partial charge in [0.05, 0.1) is 21.4 Å². The van der Waals surface area contributed by atoms with E-state index in [0.29, 0.717) is 0 Å². The van der Waals surface area contributed by atoms with E-state index >= 15 is 0 Å². The zero-order chi connectivity index (χ0) is 33.9. The van der Waals surface area contributed by atoms with Crippen molar-refractivity contribution in [3.63, 3.8) is 0 Å². The number of hydrogen-bond donors (Lipinski definition) is 0. The number of aromatic nitrogens is 2. The van der Waals surface area contributed by atoms with E-state index in [0.717, 1.165) is 22.4 Å². The summed E-state index contributed by atoms with van der Waals surface area (Å²) in [5.74, 6) is 0. The van der Waals surface area contributed by atoms with Gasteiger partial charge in [0.1, 0.15) is 0 Å². The van der Waals surface area contributed by atoms with Crippen LogP contribution in [-0.2, 0) is 0 Å². The maximum Gasteiger partial charge on any atom is 0.156 e. The van der Waals surface area contributed by atoms with Crippen molar-refractivity contribution in [1.29, 1.82) is 0 Å². The molecule has 0 saturated carbocycles. The van der Waals surface area contributed by atoms with Gasteiger partial charge < -0.3 is 0 Å². The molecular formula is C49H28N2S. The summed E-state index contributed by atoms with van der Waals surface area (Å²) < 4.78 is 4.94. The second-order valence-electron chi connectivity index (χ2n) is 14.0.